The van der Waals surface area contributed by atoms with E-state index in [4.69, 9.17) is 4.74 Å². The molecule has 0 fully saturated rings. The molecular formula is C19H26N4O3. The van der Waals surface area contributed by atoms with Crippen LogP contribution in [-0.4, -0.2) is 35.3 Å². The van der Waals surface area contributed by atoms with Crippen molar-refractivity contribution in [2.45, 2.75) is 39.7 Å². The van der Waals surface area contributed by atoms with Crippen molar-refractivity contribution in [3.63, 3.8) is 0 Å². The topological polar surface area (TPSA) is 85.3 Å². The van der Waals surface area contributed by atoms with E-state index in [1.54, 1.807) is 24.3 Å². The molecule has 1 aromatic carbocycles. The molecule has 0 spiro atoms. The van der Waals surface area contributed by atoms with Crippen molar-refractivity contribution < 1.29 is 14.3 Å². The van der Waals surface area contributed by atoms with Gasteiger partial charge in [-0.3, -0.25) is 9.59 Å². The lowest BCUT2D eigenvalue weighted by Gasteiger charge is -2.17. The molecule has 0 bridgehead atoms. The molecule has 0 radical (unpaired) electrons. The van der Waals surface area contributed by atoms with Gasteiger partial charge in [-0.1, -0.05) is 19.9 Å². The first-order valence-electron chi connectivity index (χ1n) is 8.74. The van der Waals surface area contributed by atoms with Gasteiger partial charge in [0.2, 0.25) is 5.91 Å². The number of anilines is 2. The monoisotopic (exact) mass is 358 g/mol. The molecule has 7 nitrogen and oxygen atoms in total. The summed E-state index contributed by atoms with van der Waals surface area (Å²) in [6, 6.07) is 8.88. The minimum Gasteiger partial charge on any atom is -0.375 e. The Labute approximate surface area is 153 Å². The van der Waals surface area contributed by atoms with Crippen molar-refractivity contribution >= 4 is 23.3 Å². The predicted molar refractivity (Wildman–Crippen MR) is 101 cm³/mol. The summed E-state index contributed by atoms with van der Waals surface area (Å²) in [5.41, 5.74) is 1.85. The van der Waals surface area contributed by atoms with Crippen LogP contribution in [0.25, 0.3) is 0 Å². The fourth-order valence-corrected chi connectivity index (χ4v) is 2.78. The number of nitrogens with one attached hydrogen (secondary N) is 2. The van der Waals surface area contributed by atoms with Crippen molar-refractivity contribution in [3.05, 3.63) is 41.6 Å². The number of aromatic nitrogens is 2. The van der Waals surface area contributed by atoms with Gasteiger partial charge in [0, 0.05) is 24.4 Å². The molecule has 1 aromatic heterocycles. The first kappa shape index (κ1) is 19.7. The molecule has 0 aliphatic heterocycles. The molecule has 0 aliphatic rings. The summed E-state index contributed by atoms with van der Waals surface area (Å²) in [6.45, 7) is 6.07. The number of hydrogen-bond donors (Lipinski definition) is 2. The van der Waals surface area contributed by atoms with Gasteiger partial charge >= 0.3 is 0 Å². The summed E-state index contributed by atoms with van der Waals surface area (Å²) in [7, 11) is 1.45. The van der Waals surface area contributed by atoms with Gasteiger partial charge in [-0.2, -0.15) is 5.10 Å². The molecule has 2 aromatic rings. The fraction of sp³-hybridized carbons (Fsp3) is 0.421. The van der Waals surface area contributed by atoms with E-state index < -0.39 is 0 Å². The molecule has 0 aliphatic carbocycles. The molecule has 2 amide bonds. The van der Waals surface area contributed by atoms with Crippen LogP contribution in [0.5, 0.6) is 0 Å². The molecule has 0 unspecified atom stereocenters. The normalized spacial score (nSPS) is 10.8. The van der Waals surface area contributed by atoms with Crippen molar-refractivity contribution in [3.8, 4) is 0 Å². The molecule has 0 saturated carbocycles. The summed E-state index contributed by atoms with van der Waals surface area (Å²) in [6.07, 6.45) is 1.86. The highest BCUT2D eigenvalue weighted by atomic mass is 16.5. The Morgan fingerprint density at radius 2 is 1.92 bits per heavy atom. The number of benzene rings is 1. The van der Waals surface area contributed by atoms with Crippen LogP contribution in [0.1, 0.15) is 48.8 Å². The third-order valence-electron chi connectivity index (χ3n) is 4.07. The molecule has 1 heterocycles. The van der Waals surface area contributed by atoms with Crippen LogP contribution in [-0.2, 0) is 9.53 Å². The van der Waals surface area contributed by atoms with E-state index >= 15 is 0 Å². The standard InChI is InChI=1S/C19H26N4O3/c1-5-16(6-2)23-17(10-13(3)22-23)21-19(25)14-8-7-9-15(11-14)20-18(24)12-26-4/h7-11,16H,5-6,12H2,1-4H3,(H,20,24)(H,21,25). The lowest BCUT2D eigenvalue weighted by molar-refractivity contribution is -0.119. The Bertz CT molecular complexity index is 766. The zero-order chi connectivity index (χ0) is 19.1. The summed E-state index contributed by atoms with van der Waals surface area (Å²) >= 11 is 0. The van der Waals surface area contributed by atoms with E-state index in [9.17, 15) is 9.59 Å². The number of amides is 2. The van der Waals surface area contributed by atoms with Crippen LogP contribution in [0.15, 0.2) is 30.3 Å². The van der Waals surface area contributed by atoms with Crippen LogP contribution in [0.3, 0.4) is 0 Å². The molecular weight excluding hydrogens is 332 g/mol. The minimum absolute atomic E-state index is 0.0374. The molecule has 2 N–H and O–H groups in total. The van der Waals surface area contributed by atoms with Gasteiger partial charge in [-0.05, 0) is 38.0 Å². The molecule has 140 valence electrons. The summed E-state index contributed by atoms with van der Waals surface area (Å²) in [5, 5.41) is 10.1. The average molecular weight is 358 g/mol. The first-order chi connectivity index (χ1) is 12.5. The van der Waals surface area contributed by atoms with Crippen LogP contribution in [0.4, 0.5) is 11.5 Å². The van der Waals surface area contributed by atoms with E-state index in [-0.39, 0.29) is 24.5 Å². The second-order valence-electron chi connectivity index (χ2n) is 6.10. The zero-order valence-electron chi connectivity index (χ0n) is 15.7. The number of carbonyl (C=O) groups is 2. The van der Waals surface area contributed by atoms with Crippen LogP contribution in [0, 0.1) is 6.92 Å². The smallest absolute Gasteiger partial charge is 0.256 e. The molecule has 0 atom stereocenters. The fourth-order valence-electron chi connectivity index (χ4n) is 2.78. The lowest BCUT2D eigenvalue weighted by atomic mass is 10.1. The van der Waals surface area contributed by atoms with Gasteiger partial charge < -0.3 is 15.4 Å². The van der Waals surface area contributed by atoms with Gasteiger partial charge in [-0.15, -0.1) is 0 Å². The number of nitrogens with zero attached hydrogens (tertiary/aromatic N) is 2. The number of carbonyl (C=O) groups excluding carboxylic acids is 2. The summed E-state index contributed by atoms with van der Waals surface area (Å²) in [5.74, 6) is 0.155. The molecule has 2 rings (SSSR count). The zero-order valence-corrected chi connectivity index (χ0v) is 15.7. The highest BCUT2D eigenvalue weighted by Gasteiger charge is 2.16. The second-order valence-corrected chi connectivity index (χ2v) is 6.10. The van der Waals surface area contributed by atoms with Gasteiger partial charge in [0.05, 0.1) is 11.7 Å². The maximum absolute atomic E-state index is 12.6. The Morgan fingerprint density at radius 1 is 1.19 bits per heavy atom. The highest BCUT2D eigenvalue weighted by molar-refractivity contribution is 6.05. The van der Waals surface area contributed by atoms with Crippen LogP contribution in [0.2, 0.25) is 0 Å². The van der Waals surface area contributed by atoms with Crippen molar-refractivity contribution in [2.24, 2.45) is 0 Å². The maximum atomic E-state index is 12.6. The number of rotatable bonds is 8. The Balaban J connectivity index is 2.17. The average Bonchev–Trinajstić information content (AvgIpc) is 2.96. The highest BCUT2D eigenvalue weighted by Crippen LogP contribution is 2.22. The number of aryl methyl sites for hydroxylation is 1. The number of hydrogen-bond acceptors (Lipinski definition) is 4. The number of ether oxygens (including phenoxy) is 1. The van der Waals surface area contributed by atoms with E-state index in [0.717, 1.165) is 18.5 Å². The molecule has 7 heteroatoms. The Hall–Kier alpha value is -2.67. The quantitative estimate of drug-likeness (QED) is 0.757. The first-order valence-corrected chi connectivity index (χ1v) is 8.74. The van der Waals surface area contributed by atoms with Gasteiger partial charge in [0.15, 0.2) is 0 Å². The van der Waals surface area contributed by atoms with Gasteiger partial charge in [-0.25, -0.2) is 4.68 Å². The lowest BCUT2D eigenvalue weighted by Crippen LogP contribution is -2.19. The van der Waals surface area contributed by atoms with Crippen molar-refractivity contribution in [1.82, 2.24) is 9.78 Å². The van der Waals surface area contributed by atoms with Crippen LogP contribution < -0.4 is 10.6 Å². The maximum Gasteiger partial charge on any atom is 0.256 e. The summed E-state index contributed by atoms with van der Waals surface area (Å²) < 4.78 is 6.66. The summed E-state index contributed by atoms with van der Waals surface area (Å²) in [4.78, 5) is 24.3. The second kappa shape index (κ2) is 9.15. The Morgan fingerprint density at radius 3 is 2.58 bits per heavy atom. The van der Waals surface area contributed by atoms with E-state index in [2.05, 4.69) is 29.6 Å². The molecule has 0 saturated heterocycles. The number of methoxy groups -OCH3 is 1. The van der Waals surface area contributed by atoms with Crippen molar-refractivity contribution in [1.29, 1.82) is 0 Å². The molecule has 26 heavy (non-hydrogen) atoms. The van der Waals surface area contributed by atoms with Crippen molar-refractivity contribution in [2.75, 3.05) is 24.4 Å². The SMILES string of the molecule is CCC(CC)n1nc(C)cc1NC(=O)c1cccc(NC(=O)COC)c1. The predicted octanol–water partition coefficient (Wildman–Crippen LogP) is 3.39. The minimum atomic E-state index is -0.271. The van der Waals surface area contributed by atoms with Gasteiger partial charge in [0.25, 0.3) is 5.91 Å². The van der Waals surface area contributed by atoms with E-state index in [1.165, 1.54) is 7.11 Å². The third kappa shape index (κ3) is 4.92. The largest absolute Gasteiger partial charge is 0.375 e. The third-order valence-corrected chi connectivity index (χ3v) is 4.07. The van der Waals surface area contributed by atoms with E-state index in [0.29, 0.717) is 17.1 Å². The van der Waals surface area contributed by atoms with Gasteiger partial charge in [0.1, 0.15) is 12.4 Å². The van der Waals surface area contributed by atoms with Crippen LogP contribution >= 0.6 is 0 Å². The Kier molecular flexibility index (Phi) is 6.91. The van der Waals surface area contributed by atoms with E-state index in [1.807, 2.05) is 17.7 Å².